The number of carbonyl (C=O) groups is 2. The Hall–Kier alpha value is -3.54. The van der Waals surface area contributed by atoms with E-state index in [0.29, 0.717) is 5.56 Å². The number of anilines is 2. The Bertz CT molecular complexity index is 1030. The Morgan fingerprint density at radius 1 is 0.862 bits per heavy atom. The fourth-order valence-corrected chi connectivity index (χ4v) is 2.73. The van der Waals surface area contributed by atoms with Gasteiger partial charge >= 0.3 is 0 Å². The first-order valence-electron chi connectivity index (χ1n) is 9.18. The summed E-state index contributed by atoms with van der Waals surface area (Å²) in [6, 6.07) is 16.0. The summed E-state index contributed by atoms with van der Waals surface area (Å²) in [6.07, 6.45) is 1.50. The van der Waals surface area contributed by atoms with Gasteiger partial charge in [0.25, 0.3) is 11.8 Å². The second kappa shape index (κ2) is 8.22. The summed E-state index contributed by atoms with van der Waals surface area (Å²) in [5.41, 5.74) is 2.17. The van der Waals surface area contributed by atoms with Crippen molar-refractivity contribution in [2.75, 3.05) is 10.6 Å². The molecule has 0 aliphatic heterocycles. The number of benzene rings is 2. The van der Waals surface area contributed by atoms with Gasteiger partial charge in [-0.15, -0.1) is 0 Å². The van der Waals surface area contributed by atoms with Crippen LogP contribution < -0.4 is 10.6 Å². The molecule has 0 saturated heterocycles. The van der Waals surface area contributed by atoms with E-state index in [9.17, 15) is 14.0 Å². The third-order valence-electron chi connectivity index (χ3n) is 4.39. The molecule has 29 heavy (non-hydrogen) atoms. The van der Waals surface area contributed by atoms with Crippen LogP contribution in [0.3, 0.4) is 0 Å². The number of halogens is 1. The predicted molar refractivity (Wildman–Crippen MR) is 112 cm³/mol. The number of nitrogens with one attached hydrogen (secondary N) is 2. The highest BCUT2D eigenvalue weighted by Gasteiger charge is 2.16. The molecule has 0 aliphatic carbocycles. The quantitative estimate of drug-likeness (QED) is 0.656. The average Bonchev–Trinajstić information content (AvgIpc) is 2.70. The maximum absolute atomic E-state index is 13.8. The minimum absolute atomic E-state index is 0.0273. The minimum Gasteiger partial charge on any atom is -0.320 e. The lowest BCUT2D eigenvalue weighted by Gasteiger charge is -2.19. The number of pyridine rings is 1. The van der Waals surface area contributed by atoms with Crippen LogP contribution in [0.25, 0.3) is 0 Å². The van der Waals surface area contributed by atoms with Gasteiger partial charge in [-0.1, -0.05) is 39.0 Å². The zero-order chi connectivity index (χ0) is 21.0. The lowest BCUT2D eigenvalue weighted by molar-refractivity contribution is 0.101. The van der Waals surface area contributed by atoms with Crippen molar-refractivity contribution < 1.29 is 14.0 Å². The van der Waals surface area contributed by atoms with E-state index >= 15 is 0 Å². The van der Waals surface area contributed by atoms with Crippen LogP contribution in [0, 0.1) is 5.82 Å². The largest absolute Gasteiger partial charge is 0.320 e. The molecule has 1 heterocycles. The van der Waals surface area contributed by atoms with E-state index < -0.39 is 17.6 Å². The predicted octanol–water partition coefficient (Wildman–Crippen LogP) is 5.02. The van der Waals surface area contributed by atoms with E-state index in [1.54, 1.807) is 30.3 Å². The minimum atomic E-state index is -0.529. The van der Waals surface area contributed by atoms with Crippen LogP contribution in [0.4, 0.5) is 15.8 Å². The van der Waals surface area contributed by atoms with Crippen molar-refractivity contribution in [2.45, 2.75) is 26.2 Å². The lowest BCUT2D eigenvalue weighted by Crippen LogP contribution is -2.18. The van der Waals surface area contributed by atoms with Gasteiger partial charge in [-0.2, -0.15) is 0 Å². The molecule has 0 radical (unpaired) electrons. The van der Waals surface area contributed by atoms with Crippen molar-refractivity contribution in [1.82, 2.24) is 4.98 Å². The van der Waals surface area contributed by atoms with Crippen molar-refractivity contribution >= 4 is 23.2 Å². The van der Waals surface area contributed by atoms with Crippen LogP contribution in [0.1, 0.15) is 47.2 Å². The van der Waals surface area contributed by atoms with E-state index in [1.165, 1.54) is 18.3 Å². The monoisotopic (exact) mass is 391 g/mol. The topological polar surface area (TPSA) is 71.1 Å². The van der Waals surface area contributed by atoms with Crippen molar-refractivity contribution in [3.63, 3.8) is 0 Å². The molecule has 5 nitrogen and oxygen atoms in total. The molecule has 3 rings (SSSR count). The first kappa shape index (κ1) is 20.2. The first-order chi connectivity index (χ1) is 13.7. The van der Waals surface area contributed by atoms with Crippen molar-refractivity contribution in [3.05, 3.63) is 89.5 Å². The maximum Gasteiger partial charge on any atom is 0.274 e. The molecule has 148 valence electrons. The standard InChI is InChI=1S/C23H22FN3O2/c1-23(2,3)16-9-7-15(8-10-16)21(28)27-20-14-17(24)11-12-18(20)26-22(29)19-6-4-5-13-25-19/h4-14H,1-3H3,(H,26,29)(H,27,28). The van der Waals surface area contributed by atoms with Crippen LogP contribution in [0.2, 0.25) is 0 Å². The molecule has 0 fully saturated rings. The van der Waals surface area contributed by atoms with Crippen LogP contribution in [0.5, 0.6) is 0 Å². The van der Waals surface area contributed by atoms with Gasteiger partial charge in [-0.05, 0) is 53.4 Å². The molecule has 0 aliphatic rings. The molecule has 2 amide bonds. The summed E-state index contributed by atoms with van der Waals surface area (Å²) in [6.45, 7) is 6.27. The molecular weight excluding hydrogens is 369 g/mol. The van der Waals surface area contributed by atoms with Gasteiger partial charge in [-0.25, -0.2) is 4.39 Å². The number of nitrogens with zero attached hydrogens (tertiary/aromatic N) is 1. The first-order valence-corrected chi connectivity index (χ1v) is 9.18. The Kier molecular flexibility index (Phi) is 5.73. The van der Waals surface area contributed by atoms with E-state index in [0.717, 1.165) is 11.6 Å². The van der Waals surface area contributed by atoms with Crippen LogP contribution in [-0.4, -0.2) is 16.8 Å². The van der Waals surface area contributed by atoms with Gasteiger partial charge in [0.2, 0.25) is 0 Å². The van der Waals surface area contributed by atoms with Crippen LogP contribution in [-0.2, 0) is 5.41 Å². The van der Waals surface area contributed by atoms with Gasteiger partial charge in [-0.3, -0.25) is 14.6 Å². The summed E-state index contributed by atoms with van der Waals surface area (Å²) < 4.78 is 13.8. The summed E-state index contributed by atoms with van der Waals surface area (Å²) in [7, 11) is 0. The zero-order valence-electron chi connectivity index (χ0n) is 16.5. The zero-order valence-corrected chi connectivity index (χ0v) is 16.5. The number of hydrogen-bond acceptors (Lipinski definition) is 3. The smallest absolute Gasteiger partial charge is 0.274 e. The lowest BCUT2D eigenvalue weighted by atomic mass is 9.87. The van der Waals surface area contributed by atoms with Gasteiger partial charge in [0, 0.05) is 11.8 Å². The molecule has 6 heteroatoms. The Labute approximate surface area is 169 Å². The molecule has 1 aromatic heterocycles. The van der Waals surface area contributed by atoms with Gasteiger partial charge in [0.15, 0.2) is 0 Å². The fourth-order valence-electron chi connectivity index (χ4n) is 2.73. The number of aromatic nitrogens is 1. The molecule has 0 unspecified atom stereocenters. The molecule has 2 aromatic carbocycles. The van der Waals surface area contributed by atoms with Gasteiger partial charge in [0.05, 0.1) is 11.4 Å². The number of carbonyl (C=O) groups excluding carboxylic acids is 2. The van der Waals surface area contributed by atoms with E-state index in [-0.39, 0.29) is 22.5 Å². The Balaban J connectivity index is 1.80. The van der Waals surface area contributed by atoms with Gasteiger partial charge in [0.1, 0.15) is 11.5 Å². The van der Waals surface area contributed by atoms with Crippen molar-refractivity contribution in [3.8, 4) is 0 Å². The fraction of sp³-hybridized carbons (Fsp3) is 0.174. The highest BCUT2D eigenvalue weighted by molar-refractivity contribution is 6.09. The normalized spacial score (nSPS) is 11.0. The highest BCUT2D eigenvalue weighted by atomic mass is 19.1. The Morgan fingerprint density at radius 3 is 2.17 bits per heavy atom. The SMILES string of the molecule is CC(C)(C)c1ccc(C(=O)Nc2cc(F)ccc2NC(=O)c2ccccn2)cc1. The highest BCUT2D eigenvalue weighted by Crippen LogP contribution is 2.25. The molecule has 0 saturated carbocycles. The molecule has 0 bridgehead atoms. The summed E-state index contributed by atoms with van der Waals surface area (Å²) in [5, 5.41) is 5.33. The Morgan fingerprint density at radius 2 is 1.55 bits per heavy atom. The second-order valence-electron chi connectivity index (χ2n) is 7.64. The second-order valence-corrected chi connectivity index (χ2v) is 7.64. The van der Waals surface area contributed by atoms with Gasteiger partial charge < -0.3 is 10.6 Å². The third kappa shape index (κ3) is 5.04. The molecule has 0 atom stereocenters. The number of hydrogen-bond donors (Lipinski definition) is 2. The number of amides is 2. The average molecular weight is 391 g/mol. The molecule has 3 aromatic rings. The van der Waals surface area contributed by atoms with E-state index in [4.69, 9.17) is 0 Å². The van der Waals surface area contributed by atoms with Crippen molar-refractivity contribution in [1.29, 1.82) is 0 Å². The summed E-state index contributed by atoms with van der Waals surface area (Å²) in [5.74, 6) is -1.38. The molecular formula is C23H22FN3O2. The maximum atomic E-state index is 13.8. The van der Waals surface area contributed by atoms with Crippen molar-refractivity contribution in [2.24, 2.45) is 0 Å². The third-order valence-corrected chi connectivity index (χ3v) is 4.39. The van der Waals surface area contributed by atoms with Crippen LogP contribution >= 0.6 is 0 Å². The molecule has 2 N–H and O–H groups in total. The summed E-state index contributed by atoms with van der Waals surface area (Å²) >= 11 is 0. The summed E-state index contributed by atoms with van der Waals surface area (Å²) in [4.78, 5) is 29.0. The van der Waals surface area contributed by atoms with Crippen LogP contribution in [0.15, 0.2) is 66.9 Å². The molecule has 0 spiro atoms. The number of rotatable bonds is 4. The van der Waals surface area contributed by atoms with E-state index in [2.05, 4.69) is 36.4 Å². The van der Waals surface area contributed by atoms with E-state index in [1.807, 2.05) is 12.1 Å².